The zero-order chi connectivity index (χ0) is 16.2. The number of amides is 1. The van der Waals surface area contributed by atoms with Crippen LogP contribution in [-0.2, 0) is 4.79 Å². The number of benzene rings is 1. The van der Waals surface area contributed by atoms with Gasteiger partial charge in [-0.15, -0.1) is 0 Å². The summed E-state index contributed by atoms with van der Waals surface area (Å²) >= 11 is 0. The predicted molar refractivity (Wildman–Crippen MR) is 94.7 cm³/mol. The van der Waals surface area contributed by atoms with Crippen LogP contribution < -0.4 is 10.3 Å². The fourth-order valence-electron chi connectivity index (χ4n) is 3.84. The van der Waals surface area contributed by atoms with Gasteiger partial charge in [-0.2, -0.15) is 5.10 Å². The maximum atomic E-state index is 12.3. The molecule has 0 radical (unpaired) electrons. The topological polar surface area (TPSA) is 44.7 Å². The molecule has 1 amide bonds. The van der Waals surface area contributed by atoms with Crippen LogP contribution in [0.5, 0.6) is 0 Å². The molecule has 1 aromatic carbocycles. The van der Waals surface area contributed by atoms with E-state index in [4.69, 9.17) is 0 Å². The Morgan fingerprint density at radius 1 is 1.09 bits per heavy atom. The van der Waals surface area contributed by atoms with E-state index in [1.165, 1.54) is 38.5 Å². The van der Waals surface area contributed by atoms with E-state index in [1.54, 1.807) is 6.21 Å². The standard InChI is InChI=1S/C19H27N3O/c1-22(2)15-11-9-14(10-12-15)13-20-21-19(23)18-16-7-5-3-4-6-8-17(16)18/h9-13,16-18H,3-8H2,1-2H3,(H,21,23)/t16-,17-/m0/s1. The van der Waals surface area contributed by atoms with Crippen LogP contribution >= 0.6 is 0 Å². The highest BCUT2D eigenvalue weighted by Gasteiger charge is 2.53. The highest BCUT2D eigenvalue weighted by atomic mass is 16.2. The molecule has 2 fully saturated rings. The van der Waals surface area contributed by atoms with Crippen LogP contribution in [0.25, 0.3) is 0 Å². The molecule has 2 aliphatic rings. The molecule has 23 heavy (non-hydrogen) atoms. The van der Waals surface area contributed by atoms with Crippen LogP contribution in [0, 0.1) is 17.8 Å². The largest absolute Gasteiger partial charge is 0.378 e. The number of anilines is 1. The number of hydrogen-bond donors (Lipinski definition) is 1. The zero-order valence-electron chi connectivity index (χ0n) is 14.2. The third kappa shape index (κ3) is 3.92. The summed E-state index contributed by atoms with van der Waals surface area (Å²) in [4.78, 5) is 14.4. The first-order chi connectivity index (χ1) is 11.2. The zero-order valence-corrected chi connectivity index (χ0v) is 14.2. The molecule has 2 saturated carbocycles. The summed E-state index contributed by atoms with van der Waals surface area (Å²) < 4.78 is 0. The van der Waals surface area contributed by atoms with Crippen LogP contribution in [-0.4, -0.2) is 26.2 Å². The Hall–Kier alpha value is -1.84. The molecule has 0 spiro atoms. The molecule has 0 heterocycles. The van der Waals surface area contributed by atoms with E-state index < -0.39 is 0 Å². The van der Waals surface area contributed by atoms with Gasteiger partial charge in [-0.3, -0.25) is 4.79 Å². The van der Waals surface area contributed by atoms with Crippen molar-refractivity contribution in [2.75, 3.05) is 19.0 Å². The lowest BCUT2D eigenvalue weighted by atomic mass is 10.0. The normalized spacial score (nSPS) is 27.0. The van der Waals surface area contributed by atoms with Gasteiger partial charge in [-0.25, -0.2) is 5.43 Å². The van der Waals surface area contributed by atoms with E-state index in [9.17, 15) is 4.79 Å². The summed E-state index contributed by atoms with van der Waals surface area (Å²) in [6.07, 6.45) is 9.40. The van der Waals surface area contributed by atoms with E-state index in [1.807, 2.05) is 38.4 Å². The van der Waals surface area contributed by atoms with E-state index in [-0.39, 0.29) is 11.8 Å². The number of hydrogen-bond acceptors (Lipinski definition) is 3. The first-order valence-electron chi connectivity index (χ1n) is 8.77. The van der Waals surface area contributed by atoms with E-state index in [0.717, 1.165) is 11.3 Å². The Labute approximate surface area is 139 Å². The summed E-state index contributed by atoms with van der Waals surface area (Å²) in [7, 11) is 4.03. The van der Waals surface area contributed by atoms with Crippen LogP contribution in [0.15, 0.2) is 29.4 Å². The molecule has 3 rings (SSSR count). The van der Waals surface area contributed by atoms with Crippen molar-refractivity contribution in [2.24, 2.45) is 22.9 Å². The number of hydrazone groups is 1. The highest BCUT2D eigenvalue weighted by Crippen LogP contribution is 2.53. The minimum Gasteiger partial charge on any atom is -0.378 e. The lowest BCUT2D eigenvalue weighted by Crippen LogP contribution is -2.21. The Morgan fingerprint density at radius 3 is 2.26 bits per heavy atom. The van der Waals surface area contributed by atoms with Gasteiger partial charge in [-0.05, 0) is 42.4 Å². The lowest BCUT2D eigenvalue weighted by Gasteiger charge is -2.11. The van der Waals surface area contributed by atoms with Crippen molar-refractivity contribution < 1.29 is 4.79 Å². The van der Waals surface area contributed by atoms with Crippen molar-refractivity contribution in [2.45, 2.75) is 38.5 Å². The number of fused-ring (bicyclic) bond motifs is 1. The SMILES string of the molecule is CN(C)c1ccc(C=NNC(=O)C2[C@H]3CCCCCC[C@H]23)cc1. The molecule has 2 atom stereocenters. The maximum Gasteiger partial charge on any atom is 0.243 e. The Kier molecular flexibility index (Phi) is 4.99. The van der Waals surface area contributed by atoms with Crippen LogP contribution in [0.1, 0.15) is 44.1 Å². The first kappa shape index (κ1) is 16.0. The van der Waals surface area contributed by atoms with Crippen LogP contribution in [0.2, 0.25) is 0 Å². The number of carbonyl (C=O) groups excluding carboxylic acids is 1. The van der Waals surface area contributed by atoms with Gasteiger partial charge in [0.25, 0.3) is 0 Å². The Morgan fingerprint density at radius 2 is 1.70 bits per heavy atom. The molecule has 4 heteroatoms. The van der Waals surface area contributed by atoms with Crippen molar-refractivity contribution in [1.29, 1.82) is 0 Å². The molecule has 0 unspecified atom stereocenters. The molecule has 1 N–H and O–H groups in total. The third-order valence-electron chi connectivity index (χ3n) is 5.26. The second kappa shape index (κ2) is 7.16. The van der Waals surface area contributed by atoms with Gasteiger partial charge < -0.3 is 4.90 Å². The van der Waals surface area contributed by atoms with E-state index >= 15 is 0 Å². The molecule has 0 saturated heterocycles. The Bertz CT molecular complexity index is 550. The molecule has 4 nitrogen and oxygen atoms in total. The molecule has 0 aliphatic heterocycles. The van der Waals surface area contributed by atoms with Gasteiger partial charge in [0.15, 0.2) is 0 Å². The van der Waals surface area contributed by atoms with E-state index in [0.29, 0.717) is 11.8 Å². The van der Waals surface area contributed by atoms with Gasteiger partial charge in [0.1, 0.15) is 0 Å². The minimum atomic E-state index is 0.114. The second-order valence-corrected chi connectivity index (χ2v) is 7.07. The highest BCUT2D eigenvalue weighted by molar-refractivity contribution is 5.85. The fourth-order valence-corrected chi connectivity index (χ4v) is 3.84. The fraction of sp³-hybridized carbons (Fsp3) is 0.579. The lowest BCUT2D eigenvalue weighted by molar-refractivity contribution is -0.122. The molecule has 124 valence electrons. The number of nitrogens with zero attached hydrogens (tertiary/aromatic N) is 2. The van der Waals surface area contributed by atoms with E-state index in [2.05, 4.69) is 15.4 Å². The minimum absolute atomic E-state index is 0.114. The average molecular weight is 313 g/mol. The van der Waals surface area contributed by atoms with Gasteiger partial charge in [0.05, 0.1) is 6.21 Å². The van der Waals surface area contributed by atoms with Gasteiger partial charge in [0.2, 0.25) is 5.91 Å². The Balaban J connectivity index is 1.50. The van der Waals surface area contributed by atoms with Crippen molar-refractivity contribution in [3.8, 4) is 0 Å². The molecule has 1 aromatic rings. The third-order valence-corrected chi connectivity index (χ3v) is 5.26. The van der Waals surface area contributed by atoms with Gasteiger partial charge in [0, 0.05) is 25.7 Å². The number of nitrogens with one attached hydrogen (secondary N) is 1. The van der Waals surface area contributed by atoms with Gasteiger partial charge >= 0.3 is 0 Å². The first-order valence-corrected chi connectivity index (χ1v) is 8.77. The van der Waals surface area contributed by atoms with Crippen molar-refractivity contribution >= 4 is 17.8 Å². The molecule has 2 aliphatic carbocycles. The summed E-state index contributed by atoms with van der Waals surface area (Å²) in [6, 6.07) is 8.11. The molecule has 0 bridgehead atoms. The maximum absolute atomic E-state index is 12.3. The molecular weight excluding hydrogens is 286 g/mol. The average Bonchev–Trinajstić information content (AvgIpc) is 3.19. The molecule has 0 aromatic heterocycles. The quantitative estimate of drug-likeness (QED) is 0.684. The summed E-state index contributed by atoms with van der Waals surface area (Å²) in [5.41, 5.74) is 4.90. The second-order valence-electron chi connectivity index (χ2n) is 7.07. The summed E-state index contributed by atoms with van der Waals surface area (Å²) in [5, 5.41) is 4.14. The smallest absolute Gasteiger partial charge is 0.243 e. The summed E-state index contributed by atoms with van der Waals surface area (Å²) in [6.45, 7) is 0. The molecular formula is C19H27N3O. The number of rotatable bonds is 4. The van der Waals surface area contributed by atoms with Crippen molar-refractivity contribution in [1.82, 2.24) is 5.43 Å². The number of carbonyl (C=O) groups is 1. The monoisotopic (exact) mass is 313 g/mol. The predicted octanol–water partition coefficient (Wildman–Crippen LogP) is 3.42. The van der Waals surface area contributed by atoms with Crippen molar-refractivity contribution in [3.63, 3.8) is 0 Å². The van der Waals surface area contributed by atoms with Gasteiger partial charge in [-0.1, -0.05) is 37.8 Å². The summed E-state index contributed by atoms with van der Waals surface area (Å²) in [5.74, 6) is 1.55. The van der Waals surface area contributed by atoms with Crippen molar-refractivity contribution in [3.05, 3.63) is 29.8 Å². The van der Waals surface area contributed by atoms with Crippen LogP contribution in [0.3, 0.4) is 0 Å². The van der Waals surface area contributed by atoms with Crippen LogP contribution in [0.4, 0.5) is 5.69 Å².